The Bertz CT molecular complexity index is 3760. The van der Waals surface area contributed by atoms with Crippen LogP contribution in [-0.4, -0.2) is 221 Å². The number of hydrogen-bond acceptors (Lipinski definition) is 34. The maximum absolute atomic E-state index is 14.5. The molecule has 112 heavy (non-hydrogen) atoms. The summed E-state index contributed by atoms with van der Waals surface area (Å²) < 4.78 is 210. The molecule has 3 aromatic rings. The third-order valence-electron chi connectivity index (χ3n) is 15.0. The first-order chi connectivity index (χ1) is 53.6. The van der Waals surface area contributed by atoms with Crippen molar-refractivity contribution >= 4 is 197 Å². The van der Waals surface area contributed by atoms with Crippen molar-refractivity contribution in [3.63, 3.8) is 0 Å². The summed E-state index contributed by atoms with van der Waals surface area (Å²) in [4.78, 5) is 24.0. The van der Waals surface area contributed by atoms with Crippen LogP contribution in [0.5, 0.6) is 0 Å². The molecule has 2 N–H and O–H groups in total. The molecule has 44 heteroatoms. The Morgan fingerprint density at radius 1 is 0.223 bits per heavy atom. The van der Waals surface area contributed by atoms with E-state index in [1.807, 2.05) is 24.3 Å². The highest BCUT2D eigenvalue weighted by Crippen LogP contribution is 2.59. The summed E-state index contributed by atoms with van der Waals surface area (Å²) in [5.41, 5.74) is 3.88. The monoisotopic (exact) mass is 1880 g/mol. The quantitative estimate of drug-likeness (QED) is 0.0391. The van der Waals surface area contributed by atoms with Gasteiger partial charge in [0.2, 0.25) is 0 Å². The van der Waals surface area contributed by atoms with Crippen molar-refractivity contribution in [3.05, 3.63) is 47.0 Å². The predicted octanol–water partition coefficient (Wildman–Crippen LogP) is 23.4. The van der Waals surface area contributed by atoms with Gasteiger partial charge in [-0.1, -0.05) is 0 Å². The van der Waals surface area contributed by atoms with Gasteiger partial charge in [-0.15, -0.1) is 94.1 Å². The van der Waals surface area contributed by atoms with E-state index >= 15 is 0 Å². The molecule has 0 spiro atoms. The maximum Gasteiger partial charge on any atom is 0.331 e. The van der Waals surface area contributed by atoms with Crippen molar-refractivity contribution in [1.29, 1.82) is 0 Å². The van der Waals surface area contributed by atoms with Crippen LogP contribution in [0.1, 0.15) is 134 Å². The second kappa shape index (κ2) is 52.9. The molecule has 0 aliphatic carbocycles. The standard InChI is InChI=1S/C68H118N4O24P8S8/c1-17-81-97(73,82-18-2)33-41-105-61-53-49-55-63(107-43-35-99(75,85-21-5)86-22-6)65(109-45-37-101(77,89-25-9)90-26-10)57(70-55)51-59-67(111-47-39-103(79,93-29-13)94-30-14)68(112-48-40-104(80,95-31-15)96-32-16)60(72-59)52-58-66(110-46-38-102(78,91-27-11)92-28-12)64(108-44-36-100(76,87-23-7)88-24-8)56(71-58)50-54(69-53)62(61)106-42-34-98(74,83-19-3)84-20-4/h49-52,69-70H,17-48H2,1-16H3. The second-order valence-electron chi connectivity index (χ2n) is 23.0. The molecule has 5 rings (SSSR count). The van der Waals surface area contributed by atoms with Crippen molar-refractivity contribution in [3.8, 4) is 0 Å². The van der Waals surface area contributed by atoms with Crippen LogP contribution in [0.4, 0.5) is 0 Å². The Morgan fingerprint density at radius 3 is 0.527 bits per heavy atom. The number of nitrogens with one attached hydrogen (secondary N) is 2. The molecule has 0 amide bonds. The molecule has 642 valence electrons. The lowest BCUT2D eigenvalue weighted by atomic mass is 10.3. The number of fused-ring (bicyclic) bond motifs is 8. The number of aromatic amines is 2. The average Bonchev–Trinajstić information content (AvgIpc) is 1.61. The van der Waals surface area contributed by atoms with Crippen LogP contribution in [0.3, 0.4) is 0 Å². The highest BCUT2D eigenvalue weighted by Gasteiger charge is 2.35. The van der Waals surface area contributed by atoms with Crippen molar-refractivity contribution in [2.75, 3.05) is 201 Å². The van der Waals surface area contributed by atoms with Crippen molar-refractivity contribution in [2.24, 2.45) is 0 Å². The largest absolute Gasteiger partial charge is 0.354 e. The number of thioether (sulfide) groups is 8. The molecular formula is C68H118N4O24P8S8. The fraction of sp³-hybridized carbons (Fsp3) is 0.706. The minimum Gasteiger partial charge on any atom is -0.354 e. The van der Waals surface area contributed by atoms with Gasteiger partial charge in [-0.2, -0.15) is 0 Å². The average molecular weight is 1880 g/mol. The molecule has 0 unspecified atom stereocenters. The summed E-state index contributed by atoms with van der Waals surface area (Å²) in [6.45, 7) is 30.2. The topological polar surface area (TPSA) is 342 Å². The summed E-state index contributed by atoms with van der Waals surface area (Å²) in [6, 6.07) is 7.66. The van der Waals surface area contributed by atoms with E-state index in [9.17, 15) is 36.5 Å². The minimum absolute atomic E-state index is 0.00283. The fourth-order valence-corrected chi connectivity index (χ4v) is 37.0. The van der Waals surface area contributed by atoms with E-state index in [-0.39, 0.29) is 201 Å². The van der Waals surface area contributed by atoms with Crippen LogP contribution in [0.25, 0.3) is 41.7 Å². The Morgan fingerprint density at radius 2 is 0.366 bits per heavy atom. The van der Waals surface area contributed by atoms with E-state index in [0.717, 1.165) is 0 Å². The zero-order valence-corrected chi connectivity index (χ0v) is 81.2. The van der Waals surface area contributed by atoms with Gasteiger partial charge in [0.05, 0.1) is 200 Å². The summed E-state index contributed by atoms with van der Waals surface area (Å²) in [7, 11) is -29.3. The Hall–Kier alpha value is 0.600. The van der Waals surface area contributed by atoms with Gasteiger partial charge in [-0.05, 0) is 135 Å². The minimum atomic E-state index is -3.66. The van der Waals surface area contributed by atoms with E-state index in [4.69, 9.17) is 82.3 Å². The number of nitrogens with zero attached hydrogens (tertiary/aromatic N) is 2. The predicted molar refractivity (Wildman–Crippen MR) is 473 cm³/mol. The molecule has 0 saturated carbocycles. The fourth-order valence-electron chi connectivity index (χ4n) is 11.0. The maximum atomic E-state index is 14.5. The summed E-state index contributed by atoms with van der Waals surface area (Å²) in [6.07, 6.45) is 0.0125. The number of rotatable bonds is 64. The highest BCUT2D eigenvalue weighted by atomic mass is 32.2. The SMILES string of the molecule is CCOP(=O)(CCSC1=C(SCCP(=O)(OCC)OCC)c2cc3[nH]c(cc4[nH]c(cc5nc(cc1n2)C(SCCP(=O)(OCC)OCC)=C5SCCP(=O)(OCC)OCC)c(SCCP(=O)(OCC)OCC)c4SCCP(=O)(OCC)OCC)c(SCCP(=O)(OCC)OCC)c3SCCP(=O)(OCC)OCC)OCC. The van der Waals surface area contributed by atoms with Crippen LogP contribution in [0.15, 0.2) is 43.8 Å². The third-order valence-corrected chi connectivity index (χ3v) is 43.4. The zero-order valence-electron chi connectivity index (χ0n) is 67.5. The molecule has 0 atom stereocenters. The van der Waals surface area contributed by atoms with Gasteiger partial charge >= 0.3 is 60.8 Å². The lowest BCUT2D eigenvalue weighted by Crippen LogP contribution is -2.03. The Balaban J connectivity index is 2.21. The van der Waals surface area contributed by atoms with Gasteiger partial charge in [-0.3, -0.25) is 36.5 Å². The third kappa shape index (κ3) is 33.0. The molecule has 0 saturated heterocycles. The summed E-state index contributed by atoms with van der Waals surface area (Å²) in [5, 5.41) is 0. The molecule has 28 nitrogen and oxygen atoms in total. The van der Waals surface area contributed by atoms with Crippen LogP contribution >= 0.6 is 155 Å². The van der Waals surface area contributed by atoms with Gasteiger partial charge in [0.15, 0.2) is 0 Å². The van der Waals surface area contributed by atoms with Crippen LogP contribution in [0, 0.1) is 0 Å². The lowest BCUT2D eigenvalue weighted by Gasteiger charge is -2.18. The molecule has 3 aromatic heterocycles. The van der Waals surface area contributed by atoms with Gasteiger partial charge in [0.1, 0.15) is 0 Å². The van der Waals surface area contributed by atoms with Gasteiger partial charge in [-0.25, -0.2) is 9.97 Å². The highest BCUT2D eigenvalue weighted by molar-refractivity contribution is 8.14. The molecule has 2 aliphatic heterocycles. The second-order valence-corrected chi connectivity index (χ2v) is 49.4. The molecule has 8 bridgehead atoms. The summed E-state index contributed by atoms with van der Waals surface area (Å²) in [5.74, 6) is 1.62. The van der Waals surface area contributed by atoms with Crippen molar-refractivity contribution in [1.82, 2.24) is 19.9 Å². The molecule has 2 aliphatic rings. The number of aromatic nitrogens is 4. The first kappa shape index (κ1) is 103. The molecule has 0 radical (unpaired) electrons. The molecular weight excluding hydrogens is 1760 g/mol. The first-order valence-corrected chi connectivity index (χ1v) is 59.7. The molecule has 0 fully saturated rings. The molecule has 5 heterocycles. The Kier molecular flexibility index (Phi) is 48.7. The van der Waals surface area contributed by atoms with Crippen LogP contribution in [-0.2, 0) is 109 Å². The summed E-state index contributed by atoms with van der Waals surface area (Å²) >= 11 is 11.1. The van der Waals surface area contributed by atoms with Gasteiger partial charge in [0.25, 0.3) is 0 Å². The van der Waals surface area contributed by atoms with E-state index in [0.29, 0.717) is 84.0 Å². The van der Waals surface area contributed by atoms with Gasteiger partial charge in [0, 0.05) is 85.2 Å². The number of hydrogen-bond donors (Lipinski definition) is 2. The Labute approximate surface area is 698 Å². The van der Waals surface area contributed by atoms with E-state index < -0.39 is 60.8 Å². The smallest absolute Gasteiger partial charge is 0.331 e. The van der Waals surface area contributed by atoms with E-state index in [1.165, 1.54) is 94.1 Å². The van der Waals surface area contributed by atoms with Gasteiger partial charge < -0.3 is 82.3 Å². The normalized spacial score (nSPS) is 13.8. The van der Waals surface area contributed by atoms with Crippen molar-refractivity contribution in [2.45, 2.75) is 130 Å². The van der Waals surface area contributed by atoms with Crippen LogP contribution < -0.4 is 0 Å². The molecule has 0 aromatic carbocycles. The van der Waals surface area contributed by atoms with E-state index in [2.05, 4.69) is 9.97 Å². The number of H-pyrrole nitrogens is 2. The van der Waals surface area contributed by atoms with Crippen LogP contribution in [0.2, 0.25) is 0 Å². The van der Waals surface area contributed by atoms with Crippen molar-refractivity contribution < 1.29 is 109 Å². The van der Waals surface area contributed by atoms with E-state index in [1.54, 1.807) is 111 Å². The first-order valence-electron chi connectivity index (χ1n) is 38.0. The zero-order chi connectivity index (χ0) is 82.5. The lowest BCUT2D eigenvalue weighted by molar-refractivity contribution is 0.220.